The third kappa shape index (κ3) is 4.54. The molecule has 0 aliphatic rings. The number of para-hydroxylation sites is 1. The quantitative estimate of drug-likeness (QED) is 0.739. The summed E-state index contributed by atoms with van der Waals surface area (Å²) in [6.07, 6.45) is 3.01. The Kier molecular flexibility index (Phi) is 5.21. The zero-order valence-electron chi connectivity index (χ0n) is 13.7. The summed E-state index contributed by atoms with van der Waals surface area (Å²) < 4.78 is 10.9. The molecule has 1 N–H and O–H groups in total. The van der Waals surface area contributed by atoms with Crippen LogP contribution in [0.15, 0.2) is 67.0 Å². The number of ether oxygens (including phenoxy) is 2. The van der Waals surface area contributed by atoms with Crippen molar-refractivity contribution in [1.29, 1.82) is 0 Å². The van der Waals surface area contributed by atoms with E-state index in [0.717, 1.165) is 5.75 Å². The number of benzene rings is 2. The van der Waals surface area contributed by atoms with Crippen LogP contribution in [0.5, 0.6) is 17.5 Å². The van der Waals surface area contributed by atoms with Crippen molar-refractivity contribution in [2.45, 2.75) is 6.92 Å². The number of nitrogens with one attached hydrogen (secondary N) is 1. The molecule has 2 aromatic carbocycles. The van der Waals surface area contributed by atoms with Gasteiger partial charge in [-0.25, -0.2) is 9.97 Å². The van der Waals surface area contributed by atoms with Crippen LogP contribution in [0, 0.1) is 0 Å². The largest absolute Gasteiger partial charge is 0.464 e. The van der Waals surface area contributed by atoms with Gasteiger partial charge in [0.05, 0.1) is 24.7 Å². The van der Waals surface area contributed by atoms with Crippen LogP contribution in [0.1, 0.15) is 17.3 Å². The molecule has 0 saturated carbocycles. The lowest BCUT2D eigenvalue weighted by atomic mass is 10.2. The van der Waals surface area contributed by atoms with E-state index < -0.39 is 0 Å². The summed E-state index contributed by atoms with van der Waals surface area (Å²) in [5.41, 5.74) is 1.01. The molecule has 0 radical (unpaired) electrons. The number of carbonyl (C=O) groups is 1. The molecule has 1 amide bonds. The summed E-state index contributed by atoms with van der Waals surface area (Å²) in [7, 11) is 0. The van der Waals surface area contributed by atoms with Crippen molar-refractivity contribution in [1.82, 2.24) is 9.97 Å². The Hall–Kier alpha value is -3.41. The number of hydrogen-bond donors (Lipinski definition) is 1. The second-order valence-corrected chi connectivity index (χ2v) is 5.08. The van der Waals surface area contributed by atoms with Crippen LogP contribution in [0.4, 0.5) is 5.69 Å². The highest BCUT2D eigenvalue weighted by molar-refractivity contribution is 6.04. The first-order valence-corrected chi connectivity index (χ1v) is 7.84. The fraction of sp³-hybridized carbons (Fsp3) is 0.105. The first-order valence-electron chi connectivity index (χ1n) is 7.84. The molecule has 0 unspecified atom stereocenters. The van der Waals surface area contributed by atoms with E-state index in [1.807, 2.05) is 37.3 Å². The van der Waals surface area contributed by atoms with Gasteiger partial charge < -0.3 is 14.8 Å². The molecule has 126 valence electrons. The number of rotatable bonds is 6. The smallest absolute Gasteiger partial charge is 0.316 e. The van der Waals surface area contributed by atoms with E-state index in [4.69, 9.17) is 9.47 Å². The van der Waals surface area contributed by atoms with E-state index in [1.54, 1.807) is 24.3 Å². The molecule has 0 saturated heterocycles. The molecule has 3 aromatic rings. The van der Waals surface area contributed by atoms with E-state index in [9.17, 15) is 4.79 Å². The molecule has 3 rings (SSSR count). The van der Waals surface area contributed by atoms with Gasteiger partial charge in [-0.2, -0.15) is 0 Å². The van der Waals surface area contributed by atoms with Crippen molar-refractivity contribution < 1.29 is 14.3 Å². The van der Waals surface area contributed by atoms with Crippen LogP contribution in [-0.2, 0) is 0 Å². The predicted molar refractivity (Wildman–Crippen MR) is 94.1 cm³/mol. The average molecular weight is 335 g/mol. The number of amides is 1. The molecular weight excluding hydrogens is 318 g/mol. The molecule has 1 heterocycles. The Morgan fingerprint density at radius 2 is 1.60 bits per heavy atom. The lowest BCUT2D eigenvalue weighted by Crippen LogP contribution is -2.12. The number of hydrogen-bond acceptors (Lipinski definition) is 5. The van der Waals surface area contributed by atoms with Gasteiger partial charge in [0.15, 0.2) is 0 Å². The Labute approximate surface area is 145 Å². The number of carbonyl (C=O) groups excluding carboxylic acids is 1. The molecule has 0 fully saturated rings. The zero-order chi connectivity index (χ0) is 17.5. The molecule has 0 aliphatic carbocycles. The molecule has 6 nitrogen and oxygen atoms in total. The van der Waals surface area contributed by atoms with Crippen LogP contribution in [0.3, 0.4) is 0 Å². The minimum absolute atomic E-state index is 0.251. The minimum atomic E-state index is -0.251. The van der Waals surface area contributed by atoms with Gasteiger partial charge in [0.1, 0.15) is 11.5 Å². The SMILES string of the molecule is CCOc1ncc(NC(=O)c2ccc(Oc3ccccc3)cc2)cn1. The highest BCUT2D eigenvalue weighted by atomic mass is 16.5. The van der Waals surface area contributed by atoms with Crippen molar-refractivity contribution in [3.05, 3.63) is 72.6 Å². The molecule has 0 spiro atoms. The standard InChI is InChI=1S/C19H17N3O3/c1-2-24-19-20-12-15(13-21-19)22-18(23)14-8-10-17(11-9-14)25-16-6-4-3-5-7-16/h3-13H,2H2,1H3,(H,22,23). The normalized spacial score (nSPS) is 10.1. The summed E-state index contributed by atoms with van der Waals surface area (Å²) in [5, 5.41) is 2.74. The molecule has 0 atom stereocenters. The van der Waals surface area contributed by atoms with Crippen LogP contribution < -0.4 is 14.8 Å². The van der Waals surface area contributed by atoms with E-state index in [-0.39, 0.29) is 11.9 Å². The zero-order valence-corrected chi connectivity index (χ0v) is 13.7. The van der Waals surface area contributed by atoms with Gasteiger partial charge in [0.2, 0.25) is 0 Å². The van der Waals surface area contributed by atoms with Gasteiger partial charge in [0, 0.05) is 5.56 Å². The average Bonchev–Trinajstić information content (AvgIpc) is 2.65. The van der Waals surface area contributed by atoms with Gasteiger partial charge >= 0.3 is 6.01 Å². The number of nitrogens with zero attached hydrogens (tertiary/aromatic N) is 2. The van der Waals surface area contributed by atoms with Crippen molar-refractivity contribution >= 4 is 11.6 Å². The fourth-order valence-electron chi connectivity index (χ4n) is 2.09. The highest BCUT2D eigenvalue weighted by Crippen LogP contribution is 2.21. The van der Waals surface area contributed by atoms with Crippen molar-refractivity contribution in [2.24, 2.45) is 0 Å². The molecule has 0 aliphatic heterocycles. The highest BCUT2D eigenvalue weighted by Gasteiger charge is 2.08. The summed E-state index contributed by atoms with van der Waals surface area (Å²) in [4.78, 5) is 20.3. The monoisotopic (exact) mass is 335 g/mol. The van der Waals surface area contributed by atoms with Gasteiger partial charge in [-0.05, 0) is 43.3 Å². The number of aromatic nitrogens is 2. The van der Waals surface area contributed by atoms with Crippen molar-refractivity contribution in [3.63, 3.8) is 0 Å². The second kappa shape index (κ2) is 7.92. The van der Waals surface area contributed by atoms with Gasteiger partial charge in [-0.1, -0.05) is 18.2 Å². The lowest BCUT2D eigenvalue weighted by molar-refractivity contribution is 0.102. The summed E-state index contributed by atoms with van der Waals surface area (Å²) in [5.74, 6) is 1.15. The van der Waals surface area contributed by atoms with Crippen molar-refractivity contribution in [2.75, 3.05) is 11.9 Å². The second-order valence-electron chi connectivity index (χ2n) is 5.08. The molecule has 6 heteroatoms. The van der Waals surface area contributed by atoms with E-state index in [0.29, 0.717) is 23.6 Å². The summed E-state index contributed by atoms with van der Waals surface area (Å²) in [6.45, 7) is 2.34. The Morgan fingerprint density at radius 1 is 0.960 bits per heavy atom. The fourth-order valence-corrected chi connectivity index (χ4v) is 2.09. The molecular formula is C19H17N3O3. The third-order valence-corrected chi connectivity index (χ3v) is 3.25. The third-order valence-electron chi connectivity index (χ3n) is 3.25. The topological polar surface area (TPSA) is 73.3 Å². The van der Waals surface area contributed by atoms with E-state index in [2.05, 4.69) is 15.3 Å². The van der Waals surface area contributed by atoms with Gasteiger partial charge in [0.25, 0.3) is 5.91 Å². The van der Waals surface area contributed by atoms with E-state index >= 15 is 0 Å². The van der Waals surface area contributed by atoms with Gasteiger partial charge in [-0.3, -0.25) is 4.79 Å². The maximum Gasteiger partial charge on any atom is 0.316 e. The molecule has 25 heavy (non-hydrogen) atoms. The maximum atomic E-state index is 12.3. The predicted octanol–water partition coefficient (Wildman–Crippen LogP) is 3.92. The first kappa shape index (κ1) is 16.4. The van der Waals surface area contributed by atoms with Crippen LogP contribution in [-0.4, -0.2) is 22.5 Å². The summed E-state index contributed by atoms with van der Waals surface area (Å²) in [6, 6.07) is 16.6. The minimum Gasteiger partial charge on any atom is -0.464 e. The molecule has 0 bridgehead atoms. The first-order chi connectivity index (χ1) is 12.2. The van der Waals surface area contributed by atoms with Crippen LogP contribution >= 0.6 is 0 Å². The Balaban J connectivity index is 1.62. The van der Waals surface area contributed by atoms with E-state index in [1.165, 1.54) is 12.4 Å². The van der Waals surface area contributed by atoms with Gasteiger partial charge in [-0.15, -0.1) is 0 Å². The maximum absolute atomic E-state index is 12.3. The van der Waals surface area contributed by atoms with Crippen LogP contribution in [0.2, 0.25) is 0 Å². The molecule has 1 aromatic heterocycles. The van der Waals surface area contributed by atoms with Crippen LogP contribution in [0.25, 0.3) is 0 Å². The summed E-state index contributed by atoms with van der Waals surface area (Å²) >= 11 is 0. The lowest BCUT2D eigenvalue weighted by Gasteiger charge is -2.08. The van der Waals surface area contributed by atoms with Crippen molar-refractivity contribution in [3.8, 4) is 17.5 Å². The Bertz CT molecular complexity index is 819. The Morgan fingerprint density at radius 3 is 2.24 bits per heavy atom. The number of anilines is 1.